The number of nitrogens with two attached hydrogens (primary N) is 1. The highest BCUT2D eigenvalue weighted by Crippen LogP contribution is 2.30. The molecule has 0 fully saturated rings. The zero-order chi connectivity index (χ0) is 13.2. The van der Waals surface area contributed by atoms with Gasteiger partial charge in [0.2, 0.25) is 0 Å². The van der Waals surface area contributed by atoms with Crippen molar-refractivity contribution >= 4 is 34.3 Å². The van der Waals surface area contributed by atoms with E-state index < -0.39 is 0 Å². The van der Waals surface area contributed by atoms with Crippen molar-refractivity contribution in [1.29, 1.82) is 0 Å². The van der Waals surface area contributed by atoms with Crippen molar-refractivity contribution in [2.45, 2.75) is 6.04 Å². The van der Waals surface area contributed by atoms with Crippen molar-refractivity contribution in [2.24, 2.45) is 5.73 Å². The van der Waals surface area contributed by atoms with Gasteiger partial charge in [0.25, 0.3) is 0 Å². The van der Waals surface area contributed by atoms with Gasteiger partial charge in [0, 0.05) is 10.4 Å². The largest absolute Gasteiger partial charge is 0.318 e. The number of thiazole rings is 1. The average Bonchev–Trinajstić information content (AvgIpc) is 3.10. The Kier molecular flexibility index (Phi) is 3.66. The van der Waals surface area contributed by atoms with Gasteiger partial charge in [-0.25, -0.2) is 4.98 Å². The Hall–Kier alpha value is -1.20. The summed E-state index contributed by atoms with van der Waals surface area (Å²) < 4.78 is 0. The van der Waals surface area contributed by atoms with Gasteiger partial charge in [-0.3, -0.25) is 0 Å². The molecule has 2 nitrogen and oxygen atoms in total. The summed E-state index contributed by atoms with van der Waals surface area (Å²) in [5, 5.41) is 5.74. The second-order valence-corrected chi connectivity index (χ2v) is 6.35. The van der Waals surface area contributed by atoms with Gasteiger partial charge in [-0.05, 0) is 29.1 Å². The standard InChI is InChI=1S/C14H11ClN2S2/c15-10-5-3-9(4-6-10)13(16)14-17-11(8-19-14)12-2-1-7-18-12/h1-8,13H,16H2. The number of hydrogen-bond donors (Lipinski definition) is 1. The Labute approximate surface area is 124 Å². The van der Waals surface area contributed by atoms with Gasteiger partial charge in [-0.15, -0.1) is 22.7 Å². The summed E-state index contributed by atoms with van der Waals surface area (Å²) in [6.07, 6.45) is 0. The third-order valence-corrected chi connectivity index (χ3v) is 4.86. The van der Waals surface area contributed by atoms with Crippen LogP contribution in [0.3, 0.4) is 0 Å². The third-order valence-electron chi connectivity index (χ3n) is 2.79. The molecule has 2 aromatic heterocycles. The molecule has 0 radical (unpaired) electrons. The van der Waals surface area contributed by atoms with E-state index in [0.717, 1.165) is 21.3 Å². The maximum atomic E-state index is 6.24. The lowest BCUT2D eigenvalue weighted by molar-refractivity contribution is 0.859. The number of aromatic nitrogens is 1. The summed E-state index contributed by atoms with van der Waals surface area (Å²) in [5.74, 6) is 0. The predicted molar refractivity (Wildman–Crippen MR) is 82.9 cm³/mol. The van der Waals surface area contributed by atoms with E-state index >= 15 is 0 Å². The fourth-order valence-electron chi connectivity index (χ4n) is 1.78. The number of nitrogens with zero attached hydrogens (tertiary/aromatic N) is 1. The van der Waals surface area contributed by atoms with Crippen LogP contribution in [0.2, 0.25) is 5.02 Å². The van der Waals surface area contributed by atoms with Crippen LogP contribution in [-0.2, 0) is 0 Å². The van der Waals surface area contributed by atoms with Gasteiger partial charge >= 0.3 is 0 Å². The van der Waals surface area contributed by atoms with Crippen molar-refractivity contribution in [3.63, 3.8) is 0 Å². The molecule has 0 aliphatic carbocycles. The van der Waals surface area contributed by atoms with Crippen LogP contribution in [0.1, 0.15) is 16.6 Å². The molecule has 1 unspecified atom stereocenters. The lowest BCUT2D eigenvalue weighted by Crippen LogP contribution is -2.11. The van der Waals surface area contributed by atoms with E-state index in [1.54, 1.807) is 22.7 Å². The van der Waals surface area contributed by atoms with Gasteiger partial charge in [0.05, 0.1) is 16.6 Å². The molecular weight excluding hydrogens is 296 g/mol. The van der Waals surface area contributed by atoms with E-state index in [2.05, 4.69) is 16.4 Å². The van der Waals surface area contributed by atoms with Crippen molar-refractivity contribution in [3.05, 3.63) is 62.8 Å². The number of thiophene rings is 1. The molecule has 3 rings (SSSR count). The maximum Gasteiger partial charge on any atom is 0.115 e. The quantitative estimate of drug-likeness (QED) is 0.769. The molecular formula is C14H11ClN2S2. The minimum absolute atomic E-state index is 0.198. The van der Waals surface area contributed by atoms with Crippen molar-refractivity contribution in [2.75, 3.05) is 0 Å². The summed E-state index contributed by atoms with van der Waals surface area (Å²) >= 11 is 9.16. The normalized spacial score (nSPS) is 12.5. The van der Waals surface area contributed by atoms with Crippen LogP contribution in [0.4, 0.5) is 0 Å². The molecule has 1 atom stereocenters. The maximum absolute atomic E-state index is 6.24. The molecule has 0 amide bonds. The highest BCUT2D eigenvalue weighted by Gasteiger charge is 2.14. The zero-order valence-corrected chi connectivity index (χ0v) is 12.3. The molecule has 96 valence electrons. The molecule has 0 aliphatic heterocycles. The predicted octanol–water partition coefficient (Wildman–Crippen LogP) is 4.57. The first-order valence-corrected chi connectivity index (χ1v) is 7.88. The molecule has 0 saturated carbocycles. The second kappa shape index (κ2) is 5.43. The molecule has 0 aliphatic rings. The third kappa shape index (κ3) is 2.72. The lowest BCUT2D eigenvalue weighted by atomic mass is 10.1. The molecule has 0 spiro atoms. The molecule has 5 heteroatoms. The lowest BCUT2D eigenvalue weighted by Gasteiger charge is -2.08. The molecule has 0 bridgehead atoms. The van der Waals surface area contributed by atoms with E-state index in [9.17, 15) is 0 Å². The smallest absolute Gasteiger partial charge is 0.115 e. The van der Waals surface area contributed by atoms with Gasteiger partial charge < -0.3 is 5.73 Å². The van der Waals surface area contributed by atoms with Crippen LogP contribution in [0.15, 0.2) is 47.2 Å². The molecule has 2 N–H and O–H groups in total. The molecule has 3 aromatic rings. The van der Waals surface area contributed by atoms with Gasteiger partial charge in [0.15, 0.2) is 0 Å². The topological polar surface area (TPSA) is 38.9 Å². The van der Waals surface area contributed by atoms with Crippen LogP contribution in [0.5, 0.6) is 0 Å². The summed E-state index contributed by atoms with van der Waals surface area (Å²) in [6, 6.07) is 11.5. The number of hydrogen-bond acceptors (Lipinski definition) is 4. The first kappa shape index (κ1) is 12.8. The van der Waals surface area contributed by atoms with Gasteiger partial charge in [-0.2, -0.15) is 0 Å². The van der Waals surface area contributed by atoms with Gasteiger partial charge in [0.1, 0.15) is 5.01 Å². The van der Waals surface area contributed by atoms with Crippen LogP contribution >= 0.6 is 34.3 Å². The summed E-state index contributed by atoms with van der Waals surface area (Å²) in [4.78, 5) is 5.79. The van der Waals surface area contributed by atoms with E-state index in [4.69, 9.17) is 17.3 Å². The Morgan fingerprint density at radius 3 is 2.58 bits per heavy atom. The fourth-order valence-corrected chi connectivity index (χ4v) is 3.51. The summed E-state index contributed by atoms with van der Waals surface area (Å²) in [6.45, 7) is 0. The van der Waals surface area contributed by atoms with E-state index in [1.807, 2.05) is 35.7 Å². The van der Waals surface area contributed by atoms with E-state index in [0.29, 0.717) is 0 Å². The van der Waals surface area contributed by atoms with E-state index in [1.165, 1.54) is 4.88 Å². The van der Waals surface area contributed by atoms with Crippen molar-refractivity contribution in [1.82, 2.24) is 4.98 Å². The Morgan fingerprint density at radius 1 is 1.11 bits per heavy atom. The van der Waals surface area contributed by atoms with Crippen LogP contribution in [0.25, 0.3) is 10.6 Å². The first-order valence-electron chi connectivity index (χ1n) is 5.74. The highest BCUT2D eigenvalue weighted by atomic mass is 35.5. The zero-order valence-electron chi connectivity index (χ0n) is 9.92. The van der Waals surface area contributed by atoms with E-state index in [-0.39, 0.29) is 6.04 Å². The molecule has 1 aromatic carbocycles. The van der Waals surface area contributed by atoms with Crippen LogP contribution < -0.4 is 5.73 Å². The highest BCUT2D eigenvalue weighted by molar-refractivity contribution is 7.14. The fraction of sp³-hybridized carbons (Fsp3) is 0.0714. The Bertz CT molecular complexity index is 659. The SMILES string of the molecule is NC(c1ccc(Cl)cc1)c1nc(-c2cccs2)cs1. The molecule has 0 saturated heterocycles. The Balaban J connectivity index is 1.88. The second-order valence-electron chi connectivity index (χ2n) is 4.08. The minimum atomic E-state index is -0.198. The Morgan fingerprint density at radius 2 is 1.89 bits per heavy atom. The molecule has 2 heterocycles. The van der Waals surface area contributed by atoms with Gasteiger partial charge in [-0.1, -0.05) is 29.8 Å². The number of halogens is 1. The summed E-state index contributed by atoms with van der Waals surface area (Å²) in [7, 11) is 0. The van der Waals surface area contributed by atoms with Crippen molar-refractivity contribution in [3.8, 4) is 10.6 Å². The monoisotopic (exact) mass is 306 g/mol. The average molecular weight is 307 g/mol. The number of benzene rings is 1. The first-order chi connectivity index (χ1) is 9.24. The molecule has 19 heavy (non-hydrogen) atoms. The minimum Gasteiger partial charge on any atom is -0.318 e. The number of rotatable bonds is 3. The van der Waals surface area contributed by atoms with Crippen LogP contribution in [0, 0.1) is 0 Å². The van der Waals surface area contributed by atoms with Crippen molar-refractivity contribution < 1.29 is 0 Å². The summed E-state index contributed by atoms with van der Waals surface area (Å²) in [5.41, 5.74) is 8.27. The van der Waals surface area contributed by atoms with Crippen LogP contribution in [-0.4, -0.2) is 4.98 Å².